The average Bonchev–Trinajstić information content (AvgIpc) is 2.78. The zero-order chi connectivity index (χ0) is 22.7. The molecule has 3 aromatic rings. The Morgan fingerprint density at radius 3 is 2.66 bits per heavy atom. The van der Waals surface area contributed by atoms with E-state index >= 15 is 0 Å². The molecule has 0 aliphatic heterocycles. The second kappa shape index (κ2) is 9.10. The van der Waals surface area contributed by atoms with Gasteiger partial charge in [-0.3, -0.25) is 4.98 Å². The number of sulfonamides is 1. The summed E-state index contributed by atoms with van der Waals surface area (Å²) >= 11 is 0. The van der Waals surface area contributed by atoms with Gasteiger partial charge in [0.25, 0.3) is 0 Å². The molecule has 1 heterocycles. The Kier molecular flexibility index (Phi) is 6.25. The first kappa shape index (κ1) is 22.0. The normalized spacial score (nSPS) is 15.7. The van der Waals surface area contributed by atoms with Crippen LogP contribution in [0.2, 0.25) is 0 Å². The van der Waals surface area contributed by atoms with Crippen LogP contribution in [0.4, 0.5) is 0 Å². The van der Waals surface area contributed by atoms with Gasteiger partial charge in [0.2, 0.25) is 10.0 Å². The Morgan fingerprint density at radius 2 is 1.94 bits per heavy atom. The summed E-state index contributed by atoms with van der Waals surface area (Å²) in [7, 11) is -3.75. The maximum atomic E-state index is 13.1. The van der Waals surface area contributed by atoms with Gasteiger partial charge in [-0.2, -0.15) is 0 Å². The first-order valence-corrected chi connectivity index (χ1v) is 11.8. The predicted octanol–water partition coefficient (Wildman–Crippen LogP) is 3.88. The van der Waals surface area contributed by atoms with Crippen LogP contribution >= 0.6 is 0 Å². The number of benzene rings is 2. The van der Waals surface area contributed by atoms with Crippen molar-refractivity contribution in [3.05, 3.63) is 77.6 Å². The molecule has 1 atom stereocenters. The van der Waals surface area contributed by atoms with Crippen molar-refractivity contribution in [1.29, 1.82) is 0 Å². The molecule has 1 aromatic heterocycles. The number of carbonyl (C=O) groups is 1. The summed E-state index contributed by atoms with van der Waals surface area (Å²) in [6.07, 6.45) is 5.65. The van der Waals surface area contributed by atoms with Crippen molar-refractivity contribution in [2.24, 2.45) is 0 Å². The monoisotopic (exact) mass is 452 g/mol. The topological polar surface area (TPSA) is 106 Å². The molecule has 166 valence electrons. The molecule has 0 bridgehead atoms. The lowest BCUT2D eigenvalue weighted by atomic mass is 9.87. The van der Waals surface area contributed by atoms with Crippen LogP contribution in [0.25, 0.3) is 11.1 Å². The van der Waals surface area contributed by atoms with E-state index in [1.165, 1.54) is 0 Å². The van der Waals surface area contributed by atoms with E-state index in [1.807, 2.05) is 19.1 Å². The number of carboxylic acid groups (broad SMARTS) is 1. The second-order valence-corrected chi connectivity index (χ2v) is 9.56. The molecule has 2 aromatic carbocycles. The fraction of sp³-hybridized carbons (Fsp3) is 0.250. The van der Waals surface area contributed by atoms with Gasteiger partial charge in [-0.1, -0.05) is 24.3 Å². The molecule has 0 amide bonds. The van der Waals surface area contributed by atoms with Crippen molar-refractivity contribution in [1.82, 2.24) is 9.71 Å². The standard InChI is InChI=1S/C24H24N2O5S/c1-16-12-18(14-25-13-16)17-8-10-19(11-9-17)32(29,30)26-22-6-2-5-21-20(22)4-3-7-23(21)31-15-24(27)28/h3-4,7-14,22,26H,2,5-6,15H2,1H3,(H,27,28). The minimum atomic E-state index is -3.75. The summed E-state index contributed by atoms with van der Waals surface area (Å²) in [6, 6.07) is 13.7. The maximum absolute atomic E-state index is 13.1. The van der Waals surface area contributed by atoms with Crippen molar-refractivity contribution < 1.29 is 23.1 Å². The van der Waals surface area contributed by atoms with E-state index in [2.05, 4.69) is 9.71 Å². The molecule has 1 aliphatic rings. The molecule has 1 aliphatic carbocycles. The van der Waals surface area contributed by atoms with Gasteiger partial charge in [-0.25, -0.2) is 17.9 Å². The van der Waals surface area contributed by atoms with Crippen molar-refractivity contribution in [2.45, 2.75) is 37.1 Å². The third-order valence-electron chi connectivity index (χ3n) is 5.49. The highest BCUT2D eigenvalue weighted by Crippen LogP contribution is 2.36. The Bertz CT molecular complexity index is 1240. The van der Waals surface area contributed by atoms with Gasteiger partial charge in [0.05, 0.1) is 4.90 Å². The van der Waals surface area contributed by atoms with Crippen molar-refractivity contribution in [3.8, 4) is 16.9 Å². The first-order chi connectivity index (χ1) is 15.3. The molecule has 8 heteroatoms. The summed E-state index contributed by atoms with van der Waals surface area (Å²) in [5.74, 6) is -0.564. The Morgan fingerprint density at radius 1 is 1.16 bits per heavy atom. The number of aryl methyl sites for hydroxylation is 1. The summed E-state index contributed by atoms with van der Waals surface area (Å²) in [5.41, 5.74) is 4.53. The molecular formula is C24H24N2O5S. The van der Waals surface area contributed by atoms with Gasteiger partial charge in [0.15, 0.2) is 6.61 Å². The number of aromatic nitrogens is 1. The van der Waals surface area contributed by atoms with Gasteiger partial charge in [0.1, 0.15) is 5.75 Å². The van der Waals surface area contributed by atoms with E-state index in [1.54, 1.807) is 48.8 Å². The summed E-state index contributed by atoms with van der Waals surface area (Å²) < 4.78 is 34.4. The molecule has 0 spiro atoms. The van der Waals surface area contributed by atoms with Crippen LogP contribution in [-0.4, -0.2) is 31.1 Å². The van der Waals surface area contributed by atoms with E-state index in [0.29, 0.717) is 18.6 Å². The maximum Gasteiger partial charge on any atom is 0.341 e. The van der Waals surface area contributed by atoms with Gasteiger partial charge >= 0.3 is 5.97 Å². The van der Waals surface area contributed by atoms with E-state index in [0.717, 1.165) is 34.2 Å². The van der Waals surface area contributed by atoms with E-state index in [4.69, 9.17) is 9.84 Å². The fourth-order valence-electron chi connectivity index (χ4n) is 4.01. The third-order valence-corrected chi connectivity index (χ3v) is 6.97. The van der Waals surface area contributed by atoms with Crippen LogP contribution in [0.3, 0.4) is 0 Å². The number of carboxylic acids is 1. The number of hydrogen-bond acceptors (Lipinski definition) is 5. The SMILES string of the molecule is Cc1cncc(-c2ccc(S(=O)(=O)NC3CCCc4c(OCC(=O)O)cccc43)cc2)c1. The molecule has 1 unspecified atom stereocenters. The zero-order valence-electron chi connectivity index (χ0n) is 17.6. The number of rotatable bonds is 7. The fourth-order valence-corrected chi connectivity index (χ4v) is 5.26. The summed E-state index contributed by atoms with van der Waals surface area (Å²) in [4.78, 5) is 15.2. The molecule has 0 radical (unpaired) electrons. The highest BCUT2D eigenvalue weighted by molar-refractivity contribution is 7.89. The molecule has 7 nitrogen and oxygen atoms in total. The number of hydrogen-bond donors (Lipinski definition) is 2. The number of fused-ring (bicyclic) bond motifs is 1. The lowest BCUT2D eigenvalue weighted by molar-refractivity contribution is -0.139. The van der Waals surface area contributed by atoms with Gasteiger partial charge < -0.3 is 9.84 Å². The quantitative estimate of drug-likeness (QED) is 0.564. The van der Waals surface area contributed by atoms with Crippen LogP contribution < -0.4 is 9.46 Å². The second-order valence-electron chi connectivity index (χ2n) is 7.85. The molecule has 0 saturated carbocycles. The smallest absolute Gasteiger partial charge is 0.341 e. The minimum Gasteiger partial charge on any atom is -0.482 e. The Labute approximate surface area is 187 Å². The average molecular weight is 453 g/mol. The molecule has 0 fully saturated rings. The number of aliphatic carboxylic acids is 1. The number of pyridine rings is 1. The van der Waals surface area contributed by atoms with Crippen LogP contribution in [0, 0.1) is 6.92 Å². The van der Waals surface area contributed by atoms with E-state index in [-0.39, 0.29) is 4.90 Å². The van der Waals surface area contributed by atoms with E-state index in [9.17, 15) is 13.2 Å². The van der Waals surface area contributed by atoms with Crippen LogP contribution in [0.1, 0.15) is 35.6 Å². The van der Waals surface area contributed by atoms with Crippen LogP contribution in [0.5, 0.6) is 5.75 Å². The van der Waals surface area contributed by atoms with Crippen LogP contribution in [-0.2, 0) is 21.2 Å². The van der Waals surface area contributed by atoms with Crippen LogP contribution in [0.15, 0.2) is 65.8 Å². The molecule has 4 rings (SSSR count). The van der Waals surface area contributed by atoms with Gasteiger partial charge in [0, 0.05) is 24.0 Å². The van der Waals surface area contributed by atoms with E-state index < -0.39 is 28.6 Å². The molecule has 2 N–H and O–H groups in total. The molecule has 0 saturated heterocycles. The minimum absolute atomic E-state index is 0.187. The van der Waals surface area contributed by atoms with Crippen molar-refractivity contribution in [2.75, 3.05) is 6.61 Å². The van der Waals surface area contributed by atoms with Gasteiger partial charge in [-0.05, 0) is 72.7 Å². The lowest BCUT2D eigenvalue weighted by Gasteiger charge is -2.27. The summed E-state index contributed by atoms with van der Waals surface area (Å²) in [6.45, 7) is 1.52. The lowest BCUT2D eigenvalue weighted by Crippen LogP contribution is -2.31. The zero-order valence-corrected chi connectivity index (χ0v) is 18.4. The van der Waals surface area contributed by atoms with Crippen molar-refractivity contribution in [3.63, 3.8) is 0 Å². The Hall–Kier alpha value is -3.23. The van der Waals surface area contributed by atoms with Crippen molar-refractivity contribution >= 4 is 16.0 Å². The Balaban J connectivity index is 1.56. The highest BCUT2D eigenvalue weighted by atomic mass is 32.2. The highest BCUT2D eigenvalue weighted by Gasteiger charge is 2.27. The number of nitrogens with zero attached hydrogens (tertiary/aromatic N) is 1. The molecular weight excluding hydrogens is 428 g/mol. The number of nitrogens with one attached hydrogen (secondary N) is 1. The first-order valence-electron chi connectivity index (χ1n) is 10.3. The third kappa shape index (κ3) is 4.81. The number of ether oxygens (including phenoxy) is 1. The molecule has 32 heavy (non-hydrogen) atoms. The van der Waals surface area contributed by atoms with Gasteiger partial charge in [-0.15, -0.1) is 0 Å². The predicted molar refractivity (Wildman–Crippen MR) is 120 cm³/mol. The largest absolute Gasteiger partial charge is 0.482 e. The summed E-state index contributed by atoms with van der Waals surface area (Å²) in [5, 5.41) is 8.90.